The van der Waals surface area contributed by atoms with Crippen LogP contribution in [0, 0.1) is 0 Å². The molecule has 2 aromatic heterocycles. The summed E-state index contributed by atoms with van der Waals surface area (Å²) in [6.45, 7) is 2.65. The number of fused-ring (bicyclic) bond motifs is 4. The maximum atomic E-state index is 12.8. The van der Waals surface area contributed by atoms with Crippen molar-refractivity contribution in [2.75, 3.05) is 44.2 Å². The zero-order valence-electron chi connectivity index (χ0n) is 22.8. The van der Waals surface area contributed by atoms with Crippen molar-refractivity contribution in [3.63, 3.8) is 0 Å². The zero-order chi connectivity index (χ0) is 29.2. The topological polar surface area (TPSA) is 96.4 Å². The highest BCUT2D eigenvalue weighted by atomic mass is 19.4. The van der Waals surface area contributed by atoms with Crippen molar-refractivity contribution >= 4 is 23.1 Å². The molecule has 9 nitrogen and oxygen atoms in total. The van der Waals surface area contributed by atoms with Gasteiger partial charge in [0, 0.05) is 49.7 Å². The van der Waals surface area contributed by atoms with Crippen LogP contribution in [0.25, 0.3) is 22.2 Å². The van der Waals surface area contributed by atoms with E-state index in [9.17, 15) is 18.0 Å². The first kappa shape index (κ1) is 27.8. The van der Waals surface area contributed by atoms with E-state index >= 15 is 0 Å². The summed E-state index contributed by atoms with van der Waals surface area (Å²) in [4.78, 5) is 34.5. The van der Waals surface area contributed by atoms with Crippen LogP contribution in [0.3, 0.4) is 0 Å². The fourth-order valence-corrected chi connectivity index (χ4v) is 5.88. The predicted octanol–water partition coefficient (Wildman–Crippen LogP) is 4.92. The van der Waals surface area contributed by atoms with Crippen molar-refractivity contribution in [1.29, 1.82) is 0 Å². The predicted molar refractivity (Wildman–Crippen MR) is 151 cm³/mol. The van der Waals surface area contributed by atoms with E-state index in [1.165, 1.54) is 6.33 Å². The van der Waals surface area contributed by atoms with E-state index in [0.717, 1.165) is 66.8 Å². The Bertz CT molecular complexity index is 1530. The van der Waals surface area contributed by atoms with Gasteiger partial charge in [0.05, 0.1) is 5.39 Å². The molecule has 1 aliphatic heterocycles. The number of alkyl halides is 3. The number of ether oxygens (including phenoxy) is 1. The Morgan fingerprint density at radius 2 is 1.62 bits per heavy atom. The highest BCUT2D eigenvalue weighted by Gasteiger charge is 2.46. The summed E-state index contributed by atoms with van der Waals surface area (Å²) < 4.78 is 44.4. The lowest BCUT2D eigenvalue weighted by Crippen LogP contribution is -2.47. The van der Waals surface area contributed by atoms with Crippen LogP contribution in [0.2, 0.25) is 0 Å². The van der Waals surface area contributed by atoms with Crippen LogP contribution in [-0.2, 0) is 10.3 Å². The zero-order valence-corrected chi connectivity index (χ0v) is 22.8. The molecule has 6 rings (SSSR count). The first-order valence-electron chi connectivity index (χ1n) is 14.0. The number of alkyl carbamates (subject to hydrolysis) is 1. The Hall–Kier alpha value is -4.32. The van der Waals surface area contributed by atoms with Gasteiger partial charge in [0.15, 0.2) is 11.2 Å². The van der Waals surface area contributed by atoms with Gasteiger partial charge in [-0.1, -0.05) is 48.5 Å². The minimum atomic E-state index is -4.53. The van der Waals surface area contributed by atoms with Gasteiger partial charge in [0.1, 0.15) is 12.9 Å². The molecule has 1 aliphatic carbocycles. The van der Waals surface area contributed by atoms with E-state index in [-0.39, 0.29) is 0 Å². The van der Waals surface area contributed by atoms with Crippen molar-refractivity contribution in [2.45, 2.75) is 31.0 Å². The Morgan fingerprint density at radius 1 is 0.929 bits per heavy atom. The Balaban J connectivity index is 1.10. The average Bonchev–Trinajstić information content (AvgIpc) is 3.28. The molecule has 4 aromatic rings. The second kappa shape index (κ2) is 11.5. The van der Waals surface area contributed by atoms with Crippen LogP contribution in [0.15, 0.2) is 67.3 Å². The molecule has 12 heteroatoms. The van der Waals surface area contributed by atoms with Gasteiger partial charge in [0.25, 0.3) is 0 Å². The molecule has 218 valence electrons. The largest absolute Gasteiger partial charge is 0.433 e. The van der Waals surface area contributed by atoms with Crippen molar-refractivity contribution in [3.05, 3.63) is 78.4 Å². The average molecular weight is 578 g/mol. The molecular weight excluding hydrogens is 547 g/mol. The van der Waals surface area contributed by atoms with E-state index < -0.39 is 24.4 Å². The molecule has 1 fully saturated rings. The number of hydrogen-bond acceptors (Lipinski definition) is 8. The van der Waals surface area contributed by atoms with Crippen LogP contribution in [0.5, 0.6) is 0 Å². The van der Waals surface area contributed by atoms with E-state index in [1.807, 2.05) is 53.8 Å². The van der Waals surface area contributed by atoms with Crippen LogP contribution in [-0.4, -0.2) is 76.4 Å². The number of unbranched alkanes of at least 4 members (excludes halogenated alkanes) is 1. The lowest BCUT2D eigenvalue weighted by atomic mass is 9.86. The summed E-state index contributed by atoms with van der Waals surface area (Å²) in [6, 6.07) is 15.2. The maximum Gasteiger partial charge on any atom is 0.408 e. The highest BCUT2D eigenvalue weighted by Crippen LogP contribution is 2.52. The number of aromatic nitrogens is 4. The summed E-state index contributed by atoms with van der Waals surface area (Å²) in [5, 5.41) is 2.69. The number of carbonyl (C=O) groups excluding carboxylic acids is 1. The monoisotopic (exact) mass is 577 g/mol. The molecule has 0 atom stereocenters. The normalized spacial score (nSPS) is 16.2. The van der Waals surface area contributed by atoms with Gasteiger partial charge in [-0.25, -0.2) is 19.7 Å². The van der Waals surface area contributed by atoms with Crippen LogP contribution < -0.4 is 10.2 Å². The second-order valence-corrected chi connectivity index (χ2v) is 10.5. The first-order chi connectivity index (χ1) is 20.3. The molecular formula is C30H30F3N7O2. The number of anilines is 1. The third-order valence-electron chi connectivity index (χ3n) is 7.87. The van der Waals surface area contributed by atoms with E-state index in [1.54, 1.807) is 12.4 Å². The molecule has 3 heterocycles. The maximum absolute atomic E-state index is 12.8. The van der Waals surface area contributed by atoms with Crippen LogP contribution in [0.1, 0.15) is 30.4 Å². The van der Waals surface area contributed by atoms with Gasteiger partial charge in [-0.15, -0.1) is 0 Å². The fourth-order valence-electron chi connectivity index (χ4n) is 5.88. The van der Waals surface area contributed by atoms with Crippen molar-refractivity contribution in [2.24, 2.45) is 0 Å². The summed E-state index contributed by atoms with van der Waals surface area (Å²) in [6.07, 6.45) is 1.29. The molecule has 0 unspecified atom stereocenters. The minimum Gasteiger partial charge on any atom is -0.433 e. The molecule has 1 amide bonds. The van der Waals surface area contributed by atoms with Gasteiger partial charge in [-0.05, 0) is 36.9 Å². The molecule has 0 bridgehead atoms. The van der Waals surface area contributed by atoms with Gasteiger partial charge >= 0.3 is 12.3 Å². The molecule has 2 aromatic carbocycles. The Kier molecular flexibility index (Phi) is 7.63. The van der Waals surface area contributed by atoms with Crippen LogP contribution in [0.4, 0.5) is 23.9 Å². The van der Waals surface area contributed by atoms with Gasteiger partial charge in [-0.2, -0.15) is 18.2 Å². The number of amides is 1. The number of piperazine rings is 1. The first-order valence-corrected chi connectivity index (χ1v) is 14.0. The summed E-state index contributed by atoms with van der Waals surface area (Å²) in [7, 11) is 0. The Labute approximate surface area is 240 Å². The number of hydrogen-bond donors (Lipinski definition) is 1. The molecule has 0 spiro atoms. The molecule has 1 N–H and O–H groups in total. The lowest BCUT2D eigenvalue weighted by Gasteiger charge is -2.35. The second-order valence-electron chi connectivity index (χ2n) is 10.5. The summed E-state index contributed by atoms with van der Waals surface area (Å²) in [5.41, 5.74) is 2.89. The van der Waals surface area contributed by atoms with E-state index in [0.29, 0.717) is 24.4 Å². The lowest BCUT2D eigenvalue weighted by molar-refractivity contribution is -0.124. The number of rotatable bonds is 8. The van der Waals surface area contributed by atoms with Gasteiger partial charge < -0.3 is 15.0 Å². The van der Waals surface area contributed by atoms with E-state index in [2.05, 4.69) is 29.7 Å². The smallest absolute Gasteiger partial charge is 0.408 e. The number of carbonyl (C=O) groups is 1. The number of halogens is 3. The molecule has 42 heavy (non-hydrogen) atoms. The molecule has 0 saturated carbocycles. The molecule has 1 saturated heterocycles. The minimum absolute atomic E-state index is 0.452. The van der Waals surface area contributed by atoms with Crippen molar-refractivity contribution in [3.8, 4) is 11.1 Å². The van der Waals surface area contributed by atoms with Crippen molar-refractivity contribution < 1.29 is 22.7 Å². The van der Waals surface area contributed by atoms with Crippen molar-refractivity contribution in [1.82, 2.24) is 30.2 Å². The molecule has 0 radical (unpaired) electrons. The summed E-state index contributed by atoms with van der Waals surface area (Å²) >= 11 is 0. The third kappa shape index (κ3) is 5.71. The third-order valence-corrected chi connectivity index (χ3v) is 7.87. The SMILES string of the molecule is O=C(NCC(F)(F)F)OC1(CCCCN2CCN(c3ncc4cncnc4n3)CC2)c2ccccc2-c2ccccc21. The summed E-state index contributed by atoms with van der Waals surface area (Å²) in [5.74, 6) is 0.655. The number of nitrogens with one attached hydrogen (secondary N) is 1. The Morgan fingerprint density at radius 3 is 2.31 bits per heavy atom. The van der Waals surface area contributed by atoms with E-state index in [4.69, 9.17) is 4.74 Å². The highest BCUT2D eigenvalue weighted by molar-refractivity contribution is 5.82. The number of benzene rings is 2. The van der Waals surface area contributed by atoms with Gasteiger partial charge in [-0.3, -0.25) is 4.90 Å². The quantitative estimate of drug-likeness (QED) is 0.295. The standard InChI is InChI=1S/C30H30F3N7O2/c31-30(32,33)19-36-28(41)42-29(24-9-3-1-7-22(24)23-8-2-4-10-25(23)29)11-5-6-12-39-13-15-40(16-14-39)27-35-18-21-17-34-20-37-26(21)38-27/h1-4,7-10,17-18,20H,5-6,11-16,19H2,(H,36,41). The van der Waals surface area contributed by atoms with Crippen LogP contribution >= 0.6 is 0 Å². The fraction of sp³-hybridized carbons (Fsp3) is 0.367. The number of nitrogens with zero attached hydrogens (tertiary/aromatic N) is 6. The van der Waals surface area contributed by atoms with Gasteiger partial charge in [0.2, 0.25) is 5.95 Å². The molecule has 2 aliphatic rings.